The Kier molecular flexibility index (Phi) is 4.95. The van der Waals surface area contributed by atoms with Crippen molar-refractivity contribution in [3.63, 3.8) is 0 Å². The molecule has 21 heavy (non-hydrogen) atoms. The highest BCUT2D eigenvalue weighted by Crippen LogP contribution is 2.28. The minimum absolute atomic E-state index is 0.0330. The number of ether oxygens (including phenoxy) is 1. The molecule has 0 aliphatic carbocycles. The fourth-order valence-electron chi connectivity index (χ4n) is 1.63. The van der Waals surface area contributed by atoms with Crippen LogP contribution in [0, 0.1) is 0 Å². The van der Waals surface area contributed by atoms with Crippen LogP contribution in [0.4, 0.5) is 4.53 Å². The van der Waals surface area contributed by atoms with E-state index in [9.17, 15) is 9.32 Å². The Morgan fingerprint density at radius 1 is 1.24 bits per heavy atom. The highest BCUT2D eigenvalue weighted by atomic mass is 35.5. The average molecular weight is 332 g/mol. The predicted octanol–water partition coefficient (Wildman–Crippen LogP) is 4.07. The fraction of sp³-hybridized carbons (Fsp3) is 0.0769. The van der Waals surface area contributed by atoms with Crippen LogP contribution in [-0.2, 0) is 4.94 Å². The van der Waals surface area contributed by atoms with Gasteiger partial charge in [0.15, 0.2) is 0 Å². The van der Waals surface area contributed by atoms with E-state index in [1.807, 2.05) is 0 Å². The van der Waals surface area contributed by atoms with E-state index in [0.717, 1.165) is 0 Å². The van der Waals surface area contributed by atoms with Gasteiger partial charge in [-0.3, -0.25) is 4.98 Å². The number of aromatic carboxylic acids is 1. The summed E-state index contributed by atoms with van der Waals surface area (Å²) in [5, 5.41) is 9.59. The minimum atomic E-state index is -1.59. The van der Waals surface area contributed by atoms with Crippen LogP contribution in [0.15, 0.2) is 36.7 Å². The van der Waals surface area contributed by atoms with Crippen LogP contribution in [0.25, 0.3) is 0 Å². The van der Waals surface area contributed by atoms with Crippen molar-refractivity contribution in [2.75, 3.05) is 0 Å². The first kappa shape index (κ1) is 15.5. The summed E-state index contributed by atoms with van der Waals surface area (Å²) in [6.45, 7) is 0. The zero-order valence-corrected chi connectivity index (χ0v) is 11.8. The van der Waals surface area contributed by atoms with Gasteiger partial charge in [0.2, 0.25) is 0 Å². The minimum Gasteiger partial charge on any atom is -0.478 e. The zero-order chi connectivity index (χ0) is 15.4. The second kappa shape index (κ2) is 6.71. The van der Waals surface area contributed by atoms with Crippen LogP contribution in [0.5, 0.6) is 5.75 Å². The van der Waals surface area contributed by atoms with Crippen molar-refractivity contribution in [1.82, 2.24) is 4.98 Å². The molecule has 1 N–H and O–H groups in total. The lowest BCUT2D eigenvalue weighted by molar-refractivity contribution is -0.249. The number of nitrogens with zero attached hydrogens (tertiary/aromatic N) is 1. The molecule has 1 unspecified atom stereocenters. The smallest absolute Gasteiger partial charge is 0.336 e. The fourth-order valence-corrected chi connectivity index (χ4v) is 1.97. The van der Waals surface area contributed by atoms with E-state index in [2.05, 4.69) is 9.93 Å². The first-order valence-corrected chi connectivity index (χ1v) is 6.34. The van der Waals surface area contributed by atoms with Crippen LogP contribution >= 0.6 is 23.2 Å². The Balaban J connectivity index is 2.35. The van der Waals surface area contributed by atoms with Crippen molar-refractivity contribution in [2.45, 2.75) is 6.29 Å². The molecule has 0 saturated heterocycles. The second-order valence-corrected chi connectivity index (χ2v) is 4.79. The number of pyridine rings is 1. The average Bonchev–Trinajstić information content (AvgIpc) is 2.45. The summed E-state index contributed by atoms with van der Waals surface area (Å²) in [7, 11) is 0. The van der Waals surface area contributed by atoms with Crippen LogP contribution in [-0.4, -0.2) is 16.1 Å². The third-order valence-corrected chi connectivity index (χ3v) is 2.95. The SMILES string of the molecule is O=C(O)c1cc(Cl)ccc1C(OF)Oc1cncc(Cl)c1. The van der Waals surface area contributed by atoms with Gasteiger partial charge in [-0.2, -0.15) is 0 Å². The lowest BCUT2D eigenvalue weighted by atomic mass is 10.1. The molecule has 0 amide bonds. The van der Waals surface area contributed by atoms with Crippen LogP contribution in [0.3, 0.4) is 0 Å². The monoisotopic (exact) mass is 331 g/mol. The number of benzene rings is 1. The molecule has 1 aromatic heterocycles. The van der Waals surface area contributed by atoms with Gasteiger partial charge >= 0.3 is 5.97 Å². The number of carbonyl (C=O) groups is 1. The van der Waals surface area contributed by atoms with E-state index < -0.39 is 12.3 Å². The number of carboxylic acid groups (broad SMARTS) is 1. The Morgan fingerprint density at radius 3 is 2.62 bits per heavy atom. The number of hydrogen-bond donors (Lipinski definition) is 1. The maximum Gasteiger partial charge on any atom is 0.336 e. The first-order chi connectivity index (χ1) is 10.0. The van der Waals surface area contributed by atoms with Crippen molar-refractivity contribution in [1.29, 1.82) is 0 Å². The first-order valence-electron chi connectivity index (χ1n) is 5.58. The number of hydrogen-bond acceptors (Lipinski definition) is 4. The largest absolute Gasteiger partial charge is 0.478 e. The van der Waals surface area contributed by atoms with Crippen molar-refractivity contribution in [3.05, 3.63) is 57.8 Å². The number of rotatable bonds is 5. The van der Waals surface area contributed by atoms with Gasteiger partial charge in [0, 0.05) is 22.8 Å². The van der Waals surface area contributed by atoms with Crippen molar-refractivity contribution in [2.24, 2.45) is 0 Å². The zero-order valence-electron chi connectivity index (χ0n) is 10.3. The summed E-state index contributed by atoms with van der Waals surface area (Å²) >= 11 is 11.5. The van der Waals surface area contributed by atoms with Gasteiger partial charge in [0.1, 0.15) is 5.75 Å². The molecule has 0 aliphatic heterocycles. The normalized spacial score (nSPS) is 12.0. The van der Waals surface area contributed by atoms with E-state index in [4.69, 9.17) is 33.0 Å². The Labute approximate surface area is 128 Å². The van der Waals surface area contributed by atoms with Gasteiger partial charge in [0.05, 0.1) is 16.8 Å². The molecule has 0 aliphatic rings. The molecular formula is C13H8Cl2FNO4. The summed E-state index contributed by atoms with van der Waals surface area (Å²) in [4.78, 5) is 18.7. The molecule has 0 spiro atoms. The van der Waals surface area contributed by atoms with E-state index in [1.165, 1.54) is 36.7 Å². The molecule has 1 atom stereocenters. The molecule has 1 aromatic carbocycles. The molecule has 8 heteroatoms. The van der Waals surface area contributed by atoms with Crippen LogP contribution < -0.4 is 4.74 Å². The third kappa shape index (κ3) is 3.81. The maximum absolute atomic E-state index is 12.8. The van der Waals surface area contributed by atoms with E-state index >= 15 is 0 Å². The van der Waals surface area contributed by atoms with Crippen LogP contribution in [0.1, 0.15) is 22.2 Å². The maximum atomic E-state index is 12.8. The van der Waals surface area contributed by atoms with Crippen molar-refractivity contribution < 1.29 is 24.1 Å². The highest BCUT2D eigenvalue weighted by Gasteiger charge is 2.23. The molecule has 0 saturated carbocycles. The Morgan fingerprint density at radius 2 is 2.00 bits per heavy atom. The predicted molar refractivity (Wildman–Crippen MR) is 73.2 cm³/mol. The quantitative estimate of drug-likeness (QED) is 0.836. The molecule has 2 aromatic rings. The molecule has 5 nitrogen and oxygen atoms in total. The Hall–Kier alpha value is -1.89. The lowest BCUT2D eigenvalue weighted by Crippen LogP contribution is -2.13. The molecule has 0 radical (unpaired) electrons. The number of halogens is 3. The second-order valence-electron chi connectivity index (χ2n) is 3.91. The molecule has 110 valence electrons. The summed E-state index contributed by atoms with van der Waals surface area (Å²) in [5.41, 5.74) is -0.269. The van der Waals surface area contributed by atoms with Gasteiger partial charge in [-0.25, -0.2) is 4.79 Å². The summed E-state index contributed by atoms with van der Waals surface area (Å²) < 4.78 is 18.0. The summed E-state index contributed by atoms with van der Waals surface area (Å²) in [6, 6.07) is 5.25. The summed E-state index contributed by atoms with van der Waals surface area (Å²) in [5.74, 6) is -1.17. The standard InChI is InChI=1S/C13H8Cl2FNO4/c14-7-1-2-10(11(4-7)12(18)19)13(21-16)20-9-3-8(15)5-17-6-9/h1-6,13H,(H,18,19). The molecule has 0 bridgehead atoms. The third-order valence-electron chi connectivity index (χ3n) is 2.50. The molecule has 0 fully saturated rings. The van der Waals surface area contributed by atoms with Gasteiger partial charge in [-0.1, -0.05) is 29.3 Å². The molecule has 1 heterocycles. The lowest BCUT2D eigenvalue weighted by Gasteiger charge is -2.16. The van der Waals surface area contributed by atoms with E-state index in [1.54, 1.807) is 0 Å². The van der Waals surface area contributed by atoms with Gasteiger partial charge < -0.3 is 9.84 Å². The topological polar surface area (TPSA) is 68.7 Å². The number of aromatic nitrogens is 1. The van der Waals surface area contributed by atoms with Crippen molar-refractivity contribution in [3.8, 4) is 5.75 Å². The van der Waals surface area contributed by atoms with Gasteiger partial charge in [-0.15, -0.1) is 4.94 Å². The molecule has 2 rings (SSSR count). The van der Waals surface area contributed by atoms with E-state index in [0.29, 0.717) is 0 Å². The molecular weight excluding hydrogens is 324 g/mol. The summed E-state index contributed by atoms with van der Waals surface area (Å²) in [6.07, 6.45) is 1.06. The van der Waals surface area contributed by atoms with E-state index in [-0.39, 0.29) is 26.9 Å². The van der Waals surface area contributed by atoms with Crippen molar-refractivity contribution >= 4 is 29.2 Å². The highest BCUT2D eigenvalue weighted by molar-refractivity contribution is 6.31. The van der Waals surface area contributed by atoms with Crippen LogP contribution in [0.2, 0.25) is 10.0 Å². The Bertz CT molecular complexity index is 668. The van der Waals surface area contributed by atoms with Gasteiger partial charge in [0.25, 0.3) is 6.29 Å². The number of carboxylic acids is 1. The van der Waals surface area contributed by atoms with Gasteiger partial charge in [-0.05, 0) is 16.7 Å².